The number of nitrogen functional groups attached to an aromatic ring is 1. The lowest BCUT2D eigenvalue weighted by atomic mass is 9.78. The molecule has 0 radical (unpaired) electrons. The Bertz CT molecular complexity index is 758. The Hall–Kier alpha value is -2.34. The molecule has 0 atom stereocenters. The van der Waals surface area contributed by atoms with E-state index in [0.717, 1.165) is 48.6 Å². The van der Waals surface area contributed by atoms with Crippen LogP contribution in [0.2, 0.25) is 0 Å². The van der Waals surface area contributed by atoms with Crippen LogP contribution in [0.5, 0.6) is 5.75 Å². The Morgan fingerprint density at radius 3 is 2.69 bits per heavy atom. The minimum Gasteiger partial charge on any atom is -0.493 e. The third-order valence-electron chi connectivity index (χ3n) is 4.97. The van der Waals surface area contributed by atoms with Crippen LogP contribution in [-0.4, -0.2) is 36.2 Å². The second-order valence-electron chi connectivity index (χ2n) is 7.33. The Morgan fingerprint density at radius 1 is 1.19 bits per heavy atom. The number of benzene rings is 1. The first-order valence-corrected chi connectivity index (χ1v) is 9.23. The topological polar surface area (TPSA) is 90.3 Å². The van der Waals surface area contributed by atoms with Crippen LogP contribution < -0.4 is 21.1 Å². The molecule has 0 bridgehead atoms. The Balaban J connectivity index is 1.53. The molecule has 0 spiro atoms. The lowest BCUT2D eigenvalue weighted by Gasteiger charge is -2.32. The van der Waals surface area contributed by atoms with Crippen molar-refractivity contribution in [1.29, 1.82) is 0 Å². The van der Waals surface area contributed by atoms with Gasteiger partial charge >= 0.3 is 0 Å². The number of rotatable bonds is 7. The van der Waals surface area contributed by atoms with E-state index in [1.165, 1.54) is 5.56 Å². The molecule has 0 aliphatic heterocycles. The number of ether oxygens (including phenoxy) is 1. The van der Waals surface area contributed by atoms with Crippen LogP contribution in [0, 0.1) is 13.8 Å². The van der Waals surface area contributed by atoms with Gasteiger partial charge in [-0.3, -0.25) is 0 Å². The molecule has 0 saturated heterocycles. The van der Waals surface area contributed by atoms with Crippen LogP contribution in [0.1, 0.15) is 42.0 Å². The molecule has 1 aromatic carbocycles. The number of hydrogen-bond acceptors (Lipinski definition) is 6. The van der Waals surface area contributed by atoms with Gasteiger partial charge in [0.2, 0.25) is 5.95 Å². The van der Waals surface area contributed by atoms with Gasteiger partial charge in [-0.05, 0) is 50.3 Å². The second-order valence-corrected chi connectivity index (χ2v) is 7.33. The quantitative estimate of drug-likeness (QED) is 0.742. The summed E-state index contributed by atoms with van der Waals surface area (Å²) in [6.45, 7) is 5.65. The van der Waals surface area contributed by atoms with Gasteiger partial charge in [0.15, 0.2) is 0 Å². The normalized spacial score (nSPS) is 19.1. The van der Waals surface area contributed by atoms with E-state index in [1.807, 2.05) is 13.1 Å². The van der Waals surface area contributed by atoms with Crippen molar-refractivity contribution in [3.63, 3.8) is 0 Å². The molecule has 26 heavy (non-hydrogen) atoms. The highest BCUT2D eigenvalue weighted by atomic mass is 16.5. The molecular formula is C20H29N5O. The van der Waals surface area contributed by atoms with Crippen molar-refractivity contribution in [2.75, 3.05) is 30.8 Å². The van der Waals surface area contributed by atoms with Crippen molar-refractivity contribution in [2.24, 2.45) is 5.73 Å². The third kappa shape index (κ3) is 4.43. The summed E-state index contributed by atoms with van der Waals surface area (Å²) in [4.78, 5) is 10.9. The van der Waals surface area contributed by atoms with Gasteiger partial charge < -0.3 is 21.1 Å². The standard InChI is InChI=1S/C20H29N5O/c1-13-5-6-14(2)18(9-13)26-8-4-7-25(3)19-12-17(23-20(22)24-19)15-10-16(21)11-15/h5-6,9,12,15-16H,4,7-8,10-11,21H2,1-3H3,(H2,22,23,24). The minimum absolute atomic E-state index is 0.291. The maximum atomic E-state index is 5.93. The zero-order valence-corrected chi connectivity index (χ0v) is 15.9. The fourth-order valence-corrected chi connectivity index (χ4v) is 3.24. The number of nitrogens with two attached hydrogens (primary N) is 2. The zero-order valence-electron chi connectivity index (χ0n) is 15.9. The highest BCUT2D eigenvalue weighted by Gasteiger charge is 2.29. The summed E-state index contributed by atoms with van der Waals surface area (Å²) in [6.07, 6.45) is 2.85. The highest BCUT2D eigenvalue weighted by molar-refractivity contribution is 5.44. The fraction of sp³-hybridized carbons (Fsp3) is 0.500. The monoisotopic (exact) mass is 355 g/mol. The van der Waals surface area contributed by atoms with Crippen LogP contribution in [0.15, 0.2) is 24.3 Å². The Morgan fingerprint density at radius 2 is 1.96 bits per heavy atom. The van der Waals surface area contributed by atoms with E-state index < -0.39 is 0 Å². The molecule has 140 valence electrons. The molecule has 4 N–H and O–H groups in total. The molecular weight excluding hydrogens is 326 g/mol. The van der Waals surface area contributed by atoms with Gasteiger partial charge in [-0.2, -0.15) is 4.98 Å². The molecule has 0 amide bonds. The maximum Gasteiger partial charge on any atom is 0.222 e. The van der Waals surface area contributed by atoms with Crippen molar-refractivity contribution >= 4 is 11.8 Å². The summed E-state index contributed by atoms with van der Waals surface area (Å²) in [5, 5.41) is 0. The average Bonchev–Trinajstić information content (AvgIpc) is 2.58. The molecule has 1 aliphatic rings. The summed E-state index contributed by atoms with van der Waals surface area (Å²) in [6, 6.07) is 8.61. The van der Waals surface area contributed by atoms with Gasteiger partial charge in [-0.25, -0.2) is 4.98 Å². The van der Waals surface area contributed by atoms with Gasteiger partial charge in [0.25, 0.3) is 0 Å². The van der Waals surface area contributed by atoms with Gasteiger partial charge in [-0.1, -0.05) is 12.1 Å². The molecule has 0 unspecified atom stereocenters. The summed E-state index contributed by atoms with van der Waals surface area (Å²) in [5.74, 6) is 2.56. The van der Waals surface area contributed by atoms with Crippen LogP contribution in [0.4, 0.5) is 11.8 Å². The molecule has 3 rings (SSSR count). The molecule has 1 fully saturated rings. The molecule has 6 nitrogen and oxygen atoms in total. The zero-order chi connectivity index (χ0) is 18.7. The lowest BCUT2D eigenvalue weighted by molar-refractivity contribution is 0.310. The first-order valence-electron chi connectivity index (χ1n) is 9.23. The fourth-order valence-electron chi connectivity index (χ4n) is 3.24. The highest BCUT2D eigenvalue weighted by Crippen LogP contribution is 2.35. The second kappa shape index (κ2) is 7.91. The van der Waals surface area contributed by atoms with Gasteiger partial charge in [-0.15, -0.1) is 0 Å². The average molecular weight is 355 g/mol. The Labute approximate surface area is 155 Å². The van der Waals surface area contributed by atoms with Crippen molar-refractivity contribution in [3.8, 4) is 5.75 Å². The van der Waals surface area contributed by atoms with E-state index in [0.29, 0.717) is 24.5 Å². The van der Waals surface area contributed by atoms with Gasteiger partial charge in [0.05, 0.1) is 12.3 Å². The summed E-state index contributed by atoms with van der Waals surface area (Å²) < 4.78 is 5.93. The van der Waals surface area contributed by atoms with E-state index in [4.69, 9.17) is 16.2 Å². The number of anilines is 2. The summed E-state index contributed by atoms with van der Waals surface area (Å²) in [7, 11) is 2.02. The van der Waals surface area contributed by atoms with Crippen molar-refractivity contribution in [3.05, 3.63) is 41.1 Å². The maximum absolute atomic E-state index is 5.93. The lowest BCUT2D eigenvalue weighted by Crippen LogP contribution is -2.35. The summed E-state index contributed by atoms with van der Waals surface area (Å²) >= 11 is 0. The molecule has 1 saturated carbocycles. The molecule has 1 aliphatic carbocycles. The largest absolute Gasteiger partial charge is 0.493 e. The van der Waals surface area contributed by atoms with Crippen LogP contribution in [0.3, 0.4) is 0 Å². The first kappa shape index (κ1) is 18.5. The summed E-state index contributed by atoms with van der Waals surface area (Å²) in [5.41, 5.74) is 15.2. The van der Waals surface area contributed by atoms with E-state index in [-0.39, 0.29) is 0 Å². The minimum atomic E-state index is 0.291. The van der Waals surface area contributed by atoms with E-state index in [2.05, 4.69) is 46.9 Å². The third-order valence-corrected chi connectivity index (χ3v) is 4.97. The van der Waals surface area contributed by atoms with Crippen molar-refractivity contribution < 1.29 is 4.74 Å². The molecule has 1 heterocycles. The Kier molecular flexibility index (Phi) is 5.61. The number of aryl methyl sites for hydroxylation is 2. The number of nitrogens with zero attached hydrogens (tertiary/aromatic N) is 3. The predicted octanol–water partition coefficient (Wildman–Crippen LogP) is 2.79. The smallest absolute Gasteiger partial charge is 0.222 e. The molecule has 6 heteroatoms. The van der Waals surface area contributed by atoms with Crippen LogP contribution >= 0.6 is 0 Å². The van der Waals surface area contributed by atoms with E-state index in [9.17, 15) is 0 Å². The number of aromatic nitrogens is 2. The van der Waals surface area contributed by atoms with E-state index in [1.54, 1.807) is 0 Å². The van der Waals surface area contributed by atoms with E-state index >= 15 is 0 Å². The van der Waals surface area contributed by atoms with Gasteiger partial charge in [0.1, 0.15) is 11.6 Å². The van der Waals surface area contributed by atoms with Crippen molar-refractivity contribution in [2.45, 2.75) is 45.1 Å². The predicted molar refractivity (Wildman–Crippen MR) is 106 cm³/mol. The first-order chi connectivity index (χ1) is 12.4. The van der Waals surface area contributed by atoms with Crippen LogP contribution in [-0.2, 0) is 0 Å². The number of hydrogen-bond donors (Lipinski definition) is 2. The van der Waals surface area contributed by atoms with Gasteiger partial charge in [0, 0.05) is 31.6 Å². The molecule has 2 aromatic rings. The van der Waals surface area contributed by atoms with Crippen LogP contribution in [0.25, 0.3) is 0 Å². The molecule has 1 aromatic heterocycles. The van der Waals surface area contributed by atoms with Crippen molar-refractivity contribution in [1.82, 2.24) is 9.97 Å². The SMILES string of the molecule is Cc1ccc(C)c(OCCCN(C)c2cc(C3CC(N)C3)nc(N)n2)c1.